The molecule has 0 aliphatic carbocycles. The highest BCUT2D eigenvalue weighted by Crippen LogP contribution is 2.31. The number of anilines is 1. The minimum absolute atomic E-state index is 0.0747. The first kappa shape index (κ1) is 15.1. The van der Waals surface area contributed by atoms with Gasteiger partial charge in [0.05, 0.1) is 11.0 Å². The lowest BCUT2D eigenvalue weighted by atomic mass is 10.0. The minimum atomic E-state index is -0.526. The fourth-order valence-electron chi connectivity index (χ4n) is 2.09. The third-order valence-corrected chi connectivity index (χ3v) is 3.48. The van der Waals surface area contributed by atoms with Crippen LogP contribution in [-0.4, -0.2) is 10.0 Å². The molecule has 0 heterocycles. The van der Waals surface area contributed by atoms with Crippen molar-refractivity contribution in [2.75, 3.05) is 5.32 Å². The summed E-state index contributed by atoms with van der Waals surface area (Å²) in [5.41, 5.74) is 2.31. The predicted molar refractivity (Wildman–Crippen MR) is 83.0 cm³/mol. The van der Waals surface area contributed by atoms with Crippen molar-refractivity contribution >= 4 is 23.0 Å². The lowest BCUT2D eigenvalue weighted by molar-refractivity contribution is -0.384. The van der Waals surface area contributed by atoms with E-state index >= 15 is 0 Å². The summed E-state index contributed by atoms with van der Waals surface area (Å²) < 4.78 is 0. The highest BCUT2D eigenvalue weighted by Gasteiger charge is 2.14. The summed E-state index contributed by atoms with van der Waals surface area (Å²) in [5, 5.41) is 23.9. The number of nitro groups is 1. The predicted octanol–water partition coefficient (Wildman–Crippen LogP) is 4.44. The highest BCUT2D eigenvalue weighted by molar-refractivity contribution is 6.32. The second kappa shape index (κ2) is 6.01. The minimum Gasteiger partial charge on any atom is -0.508 e. The average molecular weight is 307 g/mol. The summed E-state index contributed by atoms with van der Waals surface area (Å²) in [4.78, 5) is 10.2. The molecule has 5 nitrogen and oxygen atoms in total. The van der Waals surface area contributed by atoms with E-state index in [1.165, 1.54) is 12.1 Å². The molecule has 0 radical (unpaired) electrons. The van der Waals surface area contributed by atoms with Crippen LogP contribution < -0.4 is 5.32 Å². The molecule has 0 bridgehead atoms. The Kier molecular flexibility index (Phi) is 4.33. The number of aromatic hydroxyl groups is 1. The van der Waals surface area contributed by atoms with Gasteiger partial charge in [-0.2, -0.15) is 0 Å². The van der Waals surface area contributed by atoms with Gasteiger partial charge in [-0.25, -0.2) is 0 Å². The molecule has 0 aliphatic rings. The van der Waals surface area contributed by atoms with Crippen molar-refractivity contribution in [1.29, 1.82) is 0 Å². The maximum atomic E-state index is 10.7. The Morgan fingerprint density at radius 2 is 2.00 bits per heavy atom. The van der Waals surface area contributed by atoms with Crippen molar-refractivity contribution in [1.82, 2.24) is 0 Å². The van der Waals surface area contributed by atoms with Crippen LogP contribution in [0.4, 0.5) is 11.4 Å². The van der Waals surface area contributed by atoms with Crippen molar-refractivity contribution in [2.45, 2.75) is 19.9 Å². The lowest BCUT2D eigenvalue weighted by Gasteiger charge is -2.17. The van der Waals surface area contributed by atoms with Crippen molar-refractivity contribution in [3.8, 4) is 5.75 Å². The Morgan fingerprint density at radius 3 is 2.62 bits per heavy atom. The standard InChI is InChI=1S/C15H15ClN2O3/c1-9-3-6-15(19)12(7-9)10(2)17-11-4-5-14(18(20)21)13(16)8-11/h3-8,10,17,19H,1-2H3. The Hall–Kier alpha value is -2.27. The van der Waals surface area contributed by atoms with Crippen LogP contribution in [0, 0.1) is 17.0 Å². The van der Waals surface area contributed by atoms with Crippen LogP contribution in [-0.2, 0) is 0 Å². The van der Waals surface area contributed by atoms with Gasteiger partial charge in [-0.3, -0.25) is 10.1 Å². The summed E-state index contributed by atoms with van der Waals surface area (Å²) >= 11 is 5.88. The Bertz CT molecular complexity index is 689. The summed E-state index contributed by atoms with van der Waals surface area (Å²) in [5.74, 6) is 0.202. The molecule has 0 saturated heterocycles. The van der Waals surface area contributed by atoms with Gasteiger partial charge in [-0.15, -0.1) is 0 Å². The number of nitrogens with one attached hydrogen (secondary N) is 1. The molecule has 21 heavy (non-hydrogen) atoms. The van der Waals surface area contributed by atoms with Crippen molar-refractivity contribution in [2.24, 2.45) is 0 Å². The summed E-state index contributed by atoms with van der Waals surface area (Å²) in [6.07, 6.45) is 0. The monoisotopic (exact) mass is 306 g/mol. The van der Waals surface area contributed by atoms with Gasteiger partial charge in [0, 0.05) is 17.3 Å². The normalized spacial score (nSPS) is 12.0. The summed E-state index contributed by atoms with van der Waals surface area (Å²) in [7, 11) is 0. The zero-order chi connectivity index (χ0) is 15.6. The molecular weight excluding hydrogens is 292 g/mol. The number of benzene rings is 2. The number of nitro benzene ring substituents is 1. The Balaban J connectivity index is 2.23. The molecule has 0 fully saturated rings. The molecule has 6 heteroatoms. The molecule has 2 aromatic rings. The third kappa shape index (κ3) is 3.44. The fourth-order valence-corrected chi connectivity index (χ4v) is 2.34. The largest absolute Gasteiger partial charge is 0.508 e. The molecule has 2 rings (SSSR count). The molecule has 2 aromatic carbocycles. The van der Waals surface area contributed by atoms with Crippen molar-refractivity contribution in [3.63, 3.8) is 0 Å². The average Bonchev–Trinajstić information content (AvgIpc) is 2.41. The van der Waals surface area contributed by atoms with Crippen LogP contribution in [0.2, 0.25) is 5.02 Å². The van der Waals surface area contributed by atoms with Gasteiger partial charge in [0.15, 0.2) is 0 Å². The molecule has 1 unspecified atom stereocenters. The van der Waals surface area contributed by atoms with Crippen LogP contribution >= 0.6 is 11.6 Å². The third-order valence-electron chi connectivity index (χ3n) is 3.18. The van der Waals surface area contributed by atoms with Gasteiger partial charge in [-0.1, -0.05) is 29.3 Å². The molecule has 0 aliphatic heterocycles. The Labute approximate surface area is 127 Å². The van der Waals surface area contributed by atoms with Gasteiger partial charge < -0.3 is 10.4 Å². The van der Waals surface area contributed by atoms with E-state index in [9.17, 15) is 15.2 Å². The van der Waals surface area contributed by atoms with Crippen LogP contribution in [0.3, 0.4) is 0 Å². The van der Waals surface area contributed by atoms with E-state index in [0.717, 1.165) is 11.1 Å². The number of hydrogen-bond acceptors (Lipinski definition) is 4. The van der Waals surface area contributed by atoms with Crippen LogP contribution in [0.15, 0.2) is 36.4 Å². The number of rotatable bonds is 4. The molecule has 0 amide bonds. The molecule has 110 valence electrons. The lowest BCUT2D eigenvalue weighted by Crippen LogP contribution is -2.07. The van der Waals surface area contributed by atoms with E-state index in [1.54, 1.807) is 12.1 Å². The number of nitrogens with zero attached hydrogens (tertiary/aromatic N) is 1. The molecule has 2 N–H and O–H groups in total. The molecule has 0 aromatic heterocycles. The number of halogens is 1. The summed E-state index contributed by atoms with van der Waals surface area (Å²) in [6, 6.07) is 9.64. The van der Waals surface area contributed by atoms with E-state index in [2.05, 4.69) is 5.32 Å². The molecular formula is C15H15ClN2O3. The van der Waals surface area contributed by atoms with Crippen LogP contribution in [0.5, 0.6) is 5.75 Å². The van der Waals surface area contributed by atoms with E-state index in [-0.39, 0.29) is 22.5 Å². The van der Waals surface area contributed by atoms with E-state index in [0.29, 0.717) is 5.69 Å². The molecule has 0 saturated carbocycles. The zero-order valence-electron chi connectivity index (χ0n) is 11.6. The van der Waals surface area contributed by atoms with Crippen LogP contribution in [0.1, 0.15) is 24.1 Å². The zero-order valence-corrected chi connectivity index (χ0v) is 12.4. The molecule has 1 atom stereocenters. The first-order valence-corrected chi connectivity index (χ1v) is 6.76. The van der Waals surface area contributed by atoms with Gasteiger partial charge in [0.2, 0.25) is 0 Å². The SMILES string of the molecule is Cc1ccc(O)c(C(C)Nc2ccc([N+](=O)[O-])c(Cl)c2)c1. The topological polar surface area (TPSA) is 75.4 Å². The maximum Gasteiger partial charge on any atom is 0.288 e. The van der Waals surface area contributed by atoms with Gasteiger partial charge in [-0.05, 0) is 32.0 Å². The number of phenolic OH excluding ortho intramolecular Hbond substituents is 1. The second-order valence-corrected chi connectivity index (χ2v) is 5.26. The van der Waals surface area contributed by atoms with E-state index in [1.807, 2.05) is 26.0 Å². The van der Waals surface area contributed by atoms with E-state index in [4.69, 9.17) is 11.6 Å². The second-order valence-electron chi connectivity index (χ2n) is 4.85. The summed E-state index contributed by atoms with van der Waals surface area (Å²) in [6.45, 7) is 3.84. The smallest absolute Gasteiger partial charge is 0.288 e. The quantitative estimate of drug-likeness (QED) is 0.647. The number of hydrogen-bond donors (Lipinski definition) is 2. The first-order valence-electron chi connectivity index (χ1n) is 6.38. The maximum absolute atomic E-state index is 10.7. The molecule has 0 spiro atoms. The fraction of sp³-hybridized carbons (Fsp3) is 0.200. The Morgan fingerprint density at radius 1 is 1.29 bits per heavy atom. The van der Waals surface area contributed by atoms with E-state index < -0.39 is 4.92 Å². The van der Waals surface area contributed by atoms with Crippen LogP contribution in [0.25, 0.3) is 0 Å². The van der Waals surface area contributed by atoms with Gasteiger partial charge in [0.1, 0.15) is 10.8 Å². The first-order chi connectivity index (χ1) is 9.88. The highest BCUT2D eigenvalue weighted by atomic mass is 35.5. The van der Waals surface area contributed by atoms with Crippen molar-refractivity contribution < 1.29 is 10.0 Å². The van der Waals surface area contributed by atoms with Gasteiger partial charge >= 0.3 is 0 Å². The van der Waals surface area contributed by atoms with Crippen molar-refractivity contribution in [3.05, 3.63) is 62.7 Å². The number of aryl methyl sites for hydroxylation is 1. The van der Waals surface area contributed by atoms with Gasteiger partial charge in [0.25, 0.3) is 5.69 Å². The number of phenols is 1.